The molecule has 6 heteroatoms. The van der Waals surface area contributed by atoms with Crippen LogP contribution in [0.25, 0.3) is 11.8 Å². The zero-order valence-corrected chi connectivity index (χ0v) is 13.9. The van der Waals surface area contributed by atoms with Crippen LogP contribution >= 0.6 is 0 Å². The maximum atomic E-state index is 11.3. The maximum absolute atomic E-state index is 11.3. The number of imidazole rings is 1. The number of rotatable bonds is 7. The SMILES string of the molecule is COc1cc(/C=C(\CCC(C)=O)C(=O)O)ccc1-n1cnc(C)c1. The molecular weight excluding hydrogens is 308 g/mol. The Morgan fingerprint density at radius 3 is 2.62 bits per heavy atom. The summed E-state index contributed by atoms with van der Waals surface area (Å²) >= 11 is 0. The normalized spacial score (nSPS) is 11.4. The summed E-state index contributed by atoms with van der Waals surface area (Å²) < 4.78 is 7.25. The number of ketones is 1. The highest BCUT2D eigenvalue weighted by molar-refractivity contribution is 5.93. The molecule has 1 N–H and O–H groups in total. The molecule has 24 heavy (non-hydrogen) atoms. The highest BCUT2D eigenvalue weighted by Gasteiger charge is 2.11. The van der Waals surface area contributed by atoms with Crippen molar-refractivity contribution in [3.8, 4) is 11.4 Å². The summed E-state index contributed by atoms with van der Waals surface area (Å²) in [6.45, 7) is 3.35. The molecule has 0 spiro atoms. The number of carboxylic acids is 1. The molecule has 0 saturated carbocycles. The maximum Gasteiger partial charge on any atom is 0.331 e. The first kappa shape index (κ1) is 17.5. The minimum atomic E-state index is -1.02. The second-order valence-electron chi connectivity index (χ2n) is 5.53. The van der Waals surface area contributed by atoms with Crippen molar-refractivity contribution in [2.24, 2.45) is 0 Å². The fourth-order valence-electron chi connectivity index (χ4n) is 2.30. The summed E-state index contributed by atoms with van der Waals surface area (Å²) in [6, 6.07) is 5.42. The van der Waals surface area contributed by atoms with Gasteiger partial charge in [-0.3, -0.25) is 0 Å². The Labute approximate surface area is 140 Å². The van der Waals surface area contributed by atoms with Crippen LogP contribution in [-0.4, -0.2) is 33.5 Å². The van der Waals surface area contributed by atoms with Gasteiger partial charge in [0.25, 0.3) is 0 Å². The molecule has 0 aliphatic heterocycles. The Kier molecular flexibility index (Phi) is 5.52. The molecule has 2 aromatic rings. The number of nitrogens with zero attached hydrogens (tertiary/aromatic N) is 2. The van der Waals surface area contributed by atoms with Crippen molar-refractivity contribution in [2.75, 3.05) is 7.11 Å². The first-order valence-corrected chi connectivity index (χ1v) is 7.53. The average molecular weight is 328 g/mol. The number of ether oxygens (including phenoxy) is 1. The van der Waals surface area contributed by atoms with E-state index >= 15 is 0 Å². The van der Waals surface area contributed by atoms with Crippen molar-refractivity contribution in [3.05, 3.63) is 47.6 Å². The Bertz CT molecular complexity index is 790. The Hall–Kier alpha value is -2.89. The largest absolute Gasteiger partial charge is 0.495 e. The van der Waals surface area contributed by atoms with Crippen LogP contribution in [0.3, 0.4) is 0 Å². The van der Waals surface area contributed by atoms with E-state index in [1.165, 1.54) is 6.92 Å². The van der Waals surface area contributed by atoms with Crippen LogP contribution in [0.15, 0.2) is 36.3 Å². The number of carbonyl (C=O) groups is 2. The Balaban J connectivity index is 2.35. The molecule has 126 valence electrons. The van der Waals surface area contributed by atoms with Gasteiger partial charge in [0.2, 0.25) is 0 Å². The molecular formula is C18H20N2O4. The van der Waals surface area contributed by atoms with E-state index < -0.39 is 5.97 Å². The van der Waals surface area contributed by atoms with E-state index in [1.54, 1.807) is 25.6 Å². The van der Waals surface area contributed by atoms with Gasteiger partial charge in [-0.15, -0.1) is 0 Å². The van der Waals surface area contributed by atoms with Crippen molar-refractivity contribution < 1.29 is 19.4 Å². The van der Waals surface area contributed by atoms with E-state index in [-0.39, 0.29) is 24.2 Å². The number of carboxylic acid groups (broad SMARTS) is 1. The zero-order chi connectivity index (χ0) is 17.7. The average Bonchev–Trinajstić information content (AvgIpc) is 2.97. The number of Topliss-reactive ketones (excluding diaryl/α,β-unsaturated/α-hetero) is 1. The lowest BCUT2D eigenvalue weighted by Gasteiger charge is -2.10. The number of aliphatic carboxylic acids is 1. The van der Waals surface area contributed by atoms with Crippen LogP contribution < -0.4 is 4.74 Å². The van der Waals surface area contributed by atoms with Gasteiger partial charge in [-0.2, -0.15) is 0 Å². The Morgan fingerprint density at radius 1 is 1.33 bits per heavy atom. The first-order valence-electron chi connectivity index (χ1n) is 7.53. The van der Waals surface area contributed by atoms with E-state index in [1.807, 2.05) is 29.8 Å². The van der Waals surface area contributed by atoms with Gasteiger partial charge < -0.3 is 19.2 Å². The molecule has 1 aromatic carbocycles. The van der Waals surface area contributed by atoms with Gasteiger partial charge in [0, 0.05) is 18.2 Å². The van der Waals surface area contributed by atoms with Crippen LogP contribution in [0.1, 0.15) is 31.0 Å². The number of hydrogen-bond donors (Lipinski definition) is 1. The smallest absolute Gasteiger partial charge is 0.331 e. The van der Waals surface area contributed by atoms with E-state index in [0.29, 0.717) is 11.3 Å². The number of methoxy groups -OCH3 is 1. The second kappa shape index (κ2) is 7.59. The fourth-order valence-corrected chi connectivity index (χ4v) is 2.30. The molecule has 1 aromatic heterocycles. The van der Waals surface area contributed by atoms with Gasteiger partial charge >= 0.3 is 5.97 Å². The molecule has 0 atom stereocenters. The third kappa shape index (κ3) is 4.32. The van der Waals surface area contributed by atoms with Crippen LogP contribution in [0.4, 0.5) is 0 Å². The molecule has 0 saturated heterocycles. The summed E-state index contributed by atoms with van der Waals surface area (Å²) in [5.74, 6) is -0.451. The minimum absolute atomic E-state index is 0.0365. The molecule has 1 heterocycles. The third-order valence-corrected chi connectivity index (χ3v) is 3.56. The monoisotopic (exact) mass is 328 g/mol. The van der Waals surface area contributed by atoms with Crippen molar-refractivity contribution in [3.63, 3.8) is 0 Å². The van der Waals surface area contributed by atoms with Gasteiger partial charge in [-0.25, -0.2) is 9.78 Å². The van der Waals surface area contributed by atoms with E-state index in [0.717, 1.165) is 11.4 Å². The highest BCUT2D eigenvalue weighted by Crippen LogP contribution is 2.26. The number of carbonyl (C=O) groups excluding carboxylic acids is 1. The number of benzene rings is 1. The molecule has 0 amide bonds. The fraction of sp³-hybridized carbons (Fsp3) is 0.278. The summed E-state index contributed by atoms with van der Waals surface area (Å²) in [6.07, 6.45) is 5.55. The van der Waals surface area contributed by atoms with Crippen LogP contribution in [-0.2, 0) is 9.59 Å². The standard InChI is InChI=1S/C18H20N2O4/c1-12-10-20(11-19-12)16-7-5-14(9-17(16)24-3)8-15(18(22)23)6-4-13(2)21/h5,7-11H,4,6H2,1-3H3,(H,22,23)/b15-8+. The number of aromatic nitrogens is 2. The van der Waals surface area contributed by atoms with Crippen molar-refractivity contribution in [1.29, 1.82) is 0 Å². The summed E-state index contributed by atoms with van der Waals surface area (Å²) in [4.78, 5) is 26.6. The summed E-state index contributed by atoms with van der Waals surface area (Å²) in [5, 5.41) is 9.29. The lowest BCUT2D eigenvalue weighted by Crippen LogP contribution is -2.03. The van der Waals surface area contributed by atoms with Crippen LogP contribution in [0.2, 0.25) is 0 Å². The van der Waals surface area contributed by atoms with E-state index in [4.69, 9.17) is 4.74 Å². The minimum Gasteiger partial charge on any atom is -0.495 e. The van der Waals surface area contributed by atoms with Gasteiger partial charge in [-0.1, -0.05) is 6.07 Å². The van der Waals surface area contributed by atoms with Gasteiger partial charge in [-0.05, 0) is 44.0 Å². The zero-order valence-electron chi connectivity index (χ0n) is 13.9. The number of hydrogen-bond acceptors (Lipinski definition) is 4. The topological polar surface area (TPSA) is 81.4 Å². The molecule has 6 nitrogen and oxygen atoms in total. The molecule has 0 radical (unpaired) electrons. The Morgan fingerprint density at radius 2 is 2.08 bits per heavy atom. The van der Waals surface area contributed by atoms with Crippen molar-refractivity contribution >= 4 is 17.8 Å². The third-order valence-electron chi connectivity index (χ3n) is 3.56. The molecule has 2 rings (SSSR count). The molecule has 0 unspecified atom stereocenters. The summed E-state index contributed by atoms with van der Waals surface area (Å²) in [7, 11) is 1.56. The molecule has 0 bridgehead atoms. The van der Waals surface area contributed by atoms with Crippen molar-refractivity contribution in [2.45, 2.75) is 26.7 Å². The van der Waals surface area contributed by atoms with E-state index in [9.17, 15) is 14.7 Å². The summed E-state index contributed by atoms with van der Waals surface area (Å²) in [5.41, 5.74) is 2.60. The lowest BCUT2D eigenvalue weighted by atomic mass is 10.0. The van der Waals surface area contributed by atoms with Crippen molar-refractivity contribution in [1.82, 2.24) is 9.55 Å². The van der Waals surface area contributed by atoms with Crippen LogP contribution in [0, 0.1) is 6.92 Å². The van der Waals surface area contributed by atoms with Gasteiger partial charge in [0.05, 0.1) is 24.8 Å². The van der Waals surface area contributed by atoms with E-state index in [2.05, 4.69) is 4.98 Å². The quantitative estimate of drug-likeness (QED) is 0.790. The molecule has 0 fully saturated rings. The van der Waals surface area contributed by atoms with Crippen LogP contribution in [0.5, 0.6) is 5.75 Å². The predicted molar refractivity (Wildman–Crippen MR) is 90.4 cm³/mol. The second-order valence-corrected chi connectivity index (χ2v) is 5.53. The molecule has 0 aliphatic rings. The van der Waals surface area contributed by atoms with Gasteiger partial charge in [0.15, 0.2) is 0 Å². The predicted octanol–water partition coefficient (Wildman–Crippen LogP) is 3.03. The first-order chi connectivity index (χ1) is 11.4. The lowest BCUT2D eigenvalue weighted by molar-refractivity contribution is -0.132. The van der Waals surface area contributed by atoms with Gasteiger partial charge in [0.1, 0.15) is 11.5 Å². The number of aryl methyl sites for hydroxylation is 1. The molecule has 0 aliphatic carbocycles. The highest BCUT2D eigenvalue weighted by atomic mass is 16.5.